The van der Waals surface area contributed by atoms with E-state index in [4.69, 9.17) is 0 Å². The fraction of sp³-hybridized carbons (Fsp3) is 0.263. The van der Waals surface area contributed by atoms with Crippen molar-refractivity contribution in [3.05, 3.63) is 64.2 Å². The summed E-state index contributed by atoms with van der Waals surface area (Å²) in [5, 5.41) is 12.1. The van der Waals surface area contributed by atoms with Gasteiger partial charge in [0.1, 0.15) is 0 Å². The molecule has 0 saturated heterocycles. The molecule has 5 heteroatoms. The predicted octanol–water partition coefficient (Wildman–Crippen LogP) is 4.00. The molecule has 24 heavy (non-hydrogen) atoms. The molecule has 0 heterocycles. The normalized spacial score (nSPS) is 10.5. The zero-order valence-corrected chi connectivity index (χ0v) is 14.7. The van der Waals surface area contributed by atoms with Crippen LogP contribution in [0.2, 0.25) is 0 Å². The number of anilines is 1. The quantitative estimate of drug-likeness (QED) is 0.695. The van der Waals surface area contributed by atoms with Gasteiger partial charge in [-0.1, -0.05) is 24.3 Å². The van der Waals surface area contributed by atoms with Crippen molar-refractivity contribution in [1.29, 1.82) is 0 Å². The Bertz CT molecular complexity index is 771. The number of aryl methyl sites for hydroxylation is 2. The first-order chi connectivity index (χ1) is 11.4. The third kappa shape index (κ3) is 4.38. The van der Waals surface area contributed by atoms with Gasteiger partial charge in [0.15, 0.2) is 0 Å². The van der Waals surface area contributed by atoms with Gasteiger partial charge in [0.05, 0.1) is 5.56 Å². The highest BCUT2D eigenvalue weighted by Crippen LogP contribution is 2.22. The molecule has 2 aromatic carbocycles. The van der Waals surface area contributed by atoms with E-state index < -0.39 is 5.97 Å². The van der Waals surface area contributed by atoms with Gasteiger partial charge in [-0.25, -0.2) is 4.79 Å². The minimum absolute atomic E-state index is 0.131. The number of thiol groups is 1. The van der Waals surface area contributed by atoms with E-state index in [1.807, 2.05) is 31.2 Å². The maximum atomic E-state index is 12.3. The van der Waals surface area contributed by atoms with Crippen LogP contribution in [0.25, 0.3) is 0 Å². The Morgan fingerprint density at radius 1 is 1.12 bits per heavy atom. The predicted molar refractivity (Wildman–Crippen MR) is 99.0 cm³/mol. The Labute approximate surface area is 147 Å². The number of hydrogen-bond acceptors (Lipinski definition) is 3. The molecular formula is C19H21NO3S. The lowest BCUT2D eigenvalue weighted by atomic mass is 10.0. The van der Waals surface area contributed by atoms with Crippen LogP contribution in [0, 0.1) is 13.8 Å². The molecule has 0 saturated carbocycles. The average molecular weight is 343 g/mol. The van der Waals surface area contributed by atoms with Crippen molar-refractivity contribution in [3.63, 3.8) is 0 Å². The molecule has 2 N–H and O–H groups in total. The fourth-order valence-electron chi connectivity index (χ4n) is 2.63. The average Bonchev–Trinajstić information content (AvgIpc) is 2.56. The van der Waals surface area contributed by atoms with Gasteiger partial charge in [-0.05, 0) is 54.7 Å². The van der Waals surface area contributed by atoms with Crippen LogP contribution < -0.4 is 5.32 Å². The van der Waals surface area contributed by atoms with E-state index in [9.17, 15) is 14.7 Å². The largest absolute Gasteiger partial charge is 0.478 e. The number of aromatic carboxylic acids is 1. The van der Waals surface area contributed by atoms with Gasteiger partial charge in [-0.2, -0.15) is 12.6 Å². The Hall–Kier alpha value is -2.27. The number of hydrogen-bond donors (Lipinski definition) is 3. The molecular weight excluding hydrogens is 322 g/mol. The third-order valence-corrected chi connectivity index (χ3v) is 4.31. The SMILES string of the molecule is Cc1cc(NC(=O)CCc2ccccc2CS)c(C)c(C(=O)O)c1. The Balaban J connectivity index is 2.09. The standard InChI is InChI=1S/C19H21NO3S/c1-12-9-16(19(22)23)13(2)17(10-12)20-18(21)8-7-14-5-3-4-6-15(14)11-24/h3-6,9-10,24H,7-8,11H2,1-2H3,(H,20,21)(H,22,23). The first kappa shape index (κ1) is 18.1. The second-order valence-corrected chi connectivity index (χ2v) is 6.08. The molecule has 0 fully saturated rings. The molecule has 126 valence electrons. The van der Waals surface area contributed by atoms with E-state index in [1.165, 1.54) is 0 Å². The van der Waals surface area contributed by atoms with Crippen LogP contribution in [0.5, 0.6) is 0 Å². The van der Waals surface area contributed by atoms with E-state index in [0.29, 0.717) is 29.8 Å². The lowest BCUT2D eigenvalue weighted by molar-refractivity contribution is -0.116. The summed E-state index contributed by atoms with van der Waals surface area (Å²) in [7, 11) is 0. The first-order valence-corrected chi connectivity index (χ1v) is 8.37. The van der Waals surface area contributed by atoms with E-state index in [1.54, 1.807) is 19.1 Å². The maximum absolute atomic E-state index is 12.3. The number of benzene rings is 2. The number of carbonyl (C=O) groups is 2. The highest BCUT2D eigenvalue weighted by atomic mass is 32.1. The zero-order valence-electron chi connectivity index (χ0n) is 13.8. The molecule has 0 atom stereocenters. The molecule has 1 amide bonds. The summed E-state index contributed by atoms with van der Waals surface area (Å²) in [4.78, 5) is 23.5. The Morgan fingerprint density at radius 3 is 2.42 bits per heavy atom. The molecule has 0 aliphatic rings. The van der Waals surface area contributed by atoms with Crippen LogP contribution in [0.15, 0.2) is 36.4 Å². The third-order valence-electron chi connectivity index (χ3n) is 3.97. The van der Waals surface area contributed by atoms with Crippen molar-refractivity contribution in [2.75, 3.05) is 5.32 Å². The molecule has 0 unspecified atom stereocenters. The lowest BCUT2D eigenvalue weighted by Gasteiger charge is -2.13. The molecule has 0 radical (unpaired) electrons. The molecule has 2 aromatic rings. The number of carboxylic acid groups (broad SMARTS) is 1. The lowest BCUT2D eigenvalue weighted by Crippen LogP contribution is -2.15. The number of amides is 1. The summed E-state index contributed by atoms with van der Waals surface area (Å²) in [6.45, 7) is 3.51. The summed E-state index contributed by atoms with van der Waals surface area (Å²) in [5.41, 5.74) is 4.36. The highest BCUT2D eigenvalue weighted by molar-refractivity contribution is 7.79. The highest BCUT2D eigenvalue weighted by Gasteiger charge is 2.14. The second kappa shape index (κ2) is 8.02. The van der Waals surface area contributed by atoms with Crippen molar-refractivity contribution in [3.8, 4) is 0 Å². The number of carboxylic acids is 1. The second-order valence-electron chi connectivity index (χ2n) is 5.77. The van der Waals surface area contributed by atoms with Crippen LogP contribution >= 0.6 is 12.6 Å². The van der Waals surface area contributed by atoms with Crippen molar-refractivity contribution in [2.45, 2.75) is 32.4 Å². The minimum Gasteiger partial charge on any atom is -0.478 e. The molecule has 0 aliphatic carbocycles. The summed E-state index contributed by atoms with van der Waals surface area (Å²) in [6.07, 6.45) is 0.958. The molecule has 4 nitrogen and oxygen atoms in total. The topological polar surface area (TPSA) is 66.4 Å². The van der Waals surface area contributed by atoms with Gasteiger partial charge in [0.2, 0.25) is 5.91 Å². The van der Waals surface area contributed by atoms with Crippen LogP contribution in [0.4, 0.5) is 5.69 Å². The Kier molecular flexibility index (Phi) is 6.04. The van der Waals surface area contributed by atoms with Crippen molar-refractivity contribution in [1.82, 2.24) is 0 Å². The number of nitrogens with one attached hydrogen (secondary N) is 1. The molecule has 0 bridgehead atoms. The van der Waals surface area contributed by atoms with Crippen molar-refractivity contribution >= 4 is 30.2 Å². The summed E-state index contributed by atoms with van der Waals surface area (Å²) in [6, 6.07) is 11.3. The van der Waals surface area contributed by atoms with E-state index >= 15 is 0 Å². The van der Waals surface area contributed by atoms with Crippen LogP contribution in [0.3, 0.4) is 0 Å². The summed E-state index contributed by atoms with van der Waals surface area (Å²) < 4.78 is 0. The van der Waals surface area contributed by atoms with Crippen molar-refractivity contribution in [2.24, 2.45) is 0 Å². The Morgan fingerprint density at radius 2 is 1.79 bits per heavy atom. The molecule has 2 rings (SSSR count). The summed E-state index contributed by atoms with van der Waals surface area (Å²) in [5.74, 6) is -0.486. The smallest absolute Gasteiger partial charge is 0.336 e. The molecule has 0 aromatic heterocycles. The van der Waals surface area contributed by atoms with E-state index in [2.05, 4.69) is 17.9 Å². The molecule has 0 spiro atoms. The van der Waals surface area contributed by atoms with Gasteiger partial charge < -0.3 is 10.4 Å². The fourth-order valence-corrected chi connectivity index (χ4v) is 2.94. The van der Waals surface area contributed by atoms with Gasteiger partial charge in [-0.3, -0.25) is 4.79 Å². The zero-order chi connectivity index (χ0) is 17.7. The van der Waals surface area contributed by atoms with Gasteiger partial charge >= 0.3 is 5.97 Å². The molecule has 0 aliphatic heterocycles. The number of rotatable bonds is 6. The van der Waals surface area contributed by atoms with Gasteiger partial charge in [0, 0.05) is 17.9 Å². The maximum Gasteiger partial charge on any atom is 0.336 e. The summed E-state index contributed by atoms with van der Waals surface area (Å²) >= 11 is 4.30. The van der Waals surface area contributed by atoms with Gasteiger partial charge in [-0.15, -0.1) is 0 Å². The van der Waals surface area contributed by atoms with Gasteiger partial charge in [0.25, 0.3) is 0 Å². The monoisotopic (exact) mass is 343 g/mol. The van der Waals surface area contributed by atoms with E-state index in [-0.39, 0.29) is 11.5 Å². The first-order valence-electron chi connectivity index (χ1n) is 7.74. The van der Waals surface area contributed by atoms with Crippen molar-refractivity contribution < 1.29 is 14.7 Å². The van der Waals surface area contributed by atoms with Crippen LogP contribution in [0.1, 0.15) is 39.0 Å². The van der Waals surface area contributed by atoms with Crippen LogP contribution in [-0.2, 0) is 17.0 Å². The minimum atomic E-state index is -0.991. The van der Waals surface area contributed by atoms with Crippen LogP contribution in [-0.4, -0.2) is 17.0 Å². The van der Waals surface area contributed by atoms with E-state index in [0.717, 1.165) is 16.7 Å². The number of carbonyl (C=O) groups excluding carboxylic acids is 1.